The molecule has 124 valence electrons. The van der Waals surface area contributed by atoms with Crippen molar-refractivity contribution in [2.75, 3.05) is 0 Å². The number of rotatable bonds is 5. The topological polar surface area (TPSA) is 88.5 Å². The quantitative estimate of drug-likeness (QED) is 0.579. The normalized spacial score (nSPS) is 10.7. The number of hydrogen-bond donors (Lipinski definition) is 2. The van der Waals surface area contributed by atoms with Gasteiger partial charge in [0.25, 0.3) is 5.91 Å². The van der Waals surface area contributed by atoms with E-state index in [1.807, 2.05) is 52.4 Å². The molecule has 0 aliphatic rings. The van der Waals surface area contributed by atoms with Gasteiger partial charge in [-0.3, -0.25) is 14.5 Å². The van der Waals surface area contributed by atoms with Crippen LogP contribution in [0.4, 0.5) is 0 Å². The molecule has 0 fully saturated rings. The van der Waals surface area contributed by atoms with Crippen molar-refractivity contribution in [1.29, 1.82) is 0 Å². The SMILES string of the molecule is O=C(NCc1nncn1-c1ccccc1)c1cc(-c2cccs2)[nH]n1. The molecule has 0 unspecified atom stereocenters. The summed E-state index contributed by atoms with van der Waals surface area (Å²) < 4.78 is 1.84. The third-order valence-corrected chi connectivity index (χ3v) is 4.56. The van der Waals surface area contributed by atoms with Gasteiger partial charge in [0.2, 0.25) is 0 Å². The smallest absolute Gasteiger partial charge is 0.272 e. The molecular weight excluding hydrogens is 336 g/mol. The number of nitrogens with one attached hydrogen (secondary N) is 2. The molecule has 0 saturated carbocycles. The molecule has 3 heterocycles. The number of hydrogen-bond acceptors (Lipinski definition) is 5. The minimum Gasteiger partial charge on any atom is -0.343 e. The molecule has 0 aliphatic heterocycles. The summed E-state index contributed by atoms with van der Waals surface area (Å²) in [4.78, 5) is 13.4. The third-order valence-electron chi connectivity index (χ3n) is 3.66. The number of carbonyl (C=O) groups is 1. The highest BCUT2D eigenvalue weighted by atomic mass is 32.1. The van der Waals surface area contributed by atoms with Crippen LogP contribution in [0, 0.1) is 0 Å². The Labute approximate surface area is 147 Å². The van der Waals surface area contributed by atoms with Crippen LogP contribution >= 0.6 is 11.3 Å². The average Bonchev–Trinajstić information content (AvgIpc) is 3.41. The minimum atomic E-state index is -0.262. The van der Waals surface area contributed by atoms with Crippen molar-refractivity contribution < 1.29 is 4.79 Å². The van der Waals surface area contributed by atoms with E-state index in [4.69, 9.17) is 0 Å². The van der Waals surface area contributed by atoms with Gasteiger partial charge in [-0.25, -0.2) is 0 Å². The van der Waals surface area contributed by atoms with Crippen molar-refractivity contribution in [3.63, 3.8) is 0 Å². The van der Waals surface area contributed by atoms with Crippen LogP contribution in [0.5, 0.6) is 0 Å². The molecule has 0 bridgehead atoms. The number of benzene rings is 1. The van der Waals surface area contributed by atoms with E-state index in [1.165, 1.54) is 0 Å². The van der Waals surface area contributed by atoms with Gasteiger partial charge >= 0.3 is 0 Å². The lowest BCUT2D eigenvalue weighted by Crippen LogP contribution is -2.24. The zero-order valence-electron chi connectivity index (χ0n) is 13.1. The van der Waals surface area contributed by atoms with Crippen molar-refractivity contribution in [2.24, 2.45) is 0 Å². The highest BCUT2D eigenvalue weighted by molar-refractivity contribution is 7.13. The van der Waals surface area contributed by atoms with Crippen LogP contribution in [0.2, 0.25) is 0 Å². The summed E-state index contributed by atoms with van der Waals surface area (Å²) in [6.07, 6.45) is 1.63. The van der Waals surface area contributed by atoms with Gasteiger partial charge in [0.05, 0.1) is 17.1 Å². The molecule has 4 rings (SSSR count). The Morgan fingerprint density at radius 3 is 2.88 bits per heavy atom. The van der Waals surface area contributed by atoms with Crippen LogP contribution in [0.1, 0.15) is 16.3 Å². The van der Waals surface area contributed by atoms with E-state index >= 15 is 0 Å². The number of H-pyrrole nitrogens is 1. The van der Waals surface area contributed by atoms with Crippen LogP contribution in [0.3, 0.4) is 0 Å². The fourth-order valence-corrected chi connectivity index (χ4v) is 3.12. The van der Waals surface area contributed by atoms with Gasteiger partial charge in [-0.15, -0.1) is 21.5 Å². The van der Waals surface area contributed by atoms with Gasteiger partial charge in [0.1, 0.15) is 6.33 Å². The number of thiophene rings is 1. The molecular formula is C17H14N6OS. The fourth-order valence-electron chi connectivity index (χ4n) is 2.43. The second-order valence-corrected chi connectivity index (χ2v) is 6.23. The Kier molecular flexibility index (Phi) is 4.09. The van der Waals surface area contributed by atoms with E-state index in [9.17, 15) is 4.79 Å². The molecule has 0 spiro atoms. The zero-order chi connectivity index (χ0) is 17.1. The molecule has 4 aromatic rings. The number of aromatic amines is 1. The lowest BCUT2D eigenvalue weighted by atomic mass is 10.3. The van der Waals surface area contributed by atoms with Gasteiger partial charge in [-0.1, -0.05) is 24.3 Å². The standard InChI is InChI=1S/C17H14N6OS/c24-17(14-9-13(20-21-14)15-7-4-8-25-15)18-10-16-22-19-11-23(16)12-5-2-1-3-6-12/h1-9,11H,10H2,(H,18,24)(H,20,21). The van der Waals surface area contributed by atoms with Crippen LogP contribution in [0.15, 0.2) is 60.2 Å². The van der Waals surface area contributed by atoms with Gasteiger partial charge in [0, 0.05) is 5.69 Å². The maximum Gasteiger partial charge on any atom is 0.272 e. The number of para-hydroxylation sites is 1. The molecule has 1 aromatic carbocycles. The molecule has 0 aliphatic carbocycles. The van der Waals surface area contributed by atoms with E-state index in [-0.39, 0.29) is 12.5 Å². The molecule has 25 heavy (non-hydrogen) atoms. The van der Waals surface area contributed by atoms with Crippen molar-refractivity contribution >= 4 is 17.2 Å². The van der Waals surface area contributed by atoms with Crippen LogP contribution in [-0.2, 0) is 6.54 Å². The summed E-state index contributed by atoms with van der Waals surface area (Å²) in [6, 6.07) is 15.4. The second kappa shape index (κ2) is 6.70. The lowest BCUT2D eigenvalue weighted by molar-refractivity contribution is 0.0944. The number of carbonyl (C=O) groups excluding carboxylic acids is 1. The van der Waals surface area contributed by atoms with Gasteiger partial charge in [-0.05, 0) is 29.6 Å². The Balaban J connectivity index is 1.46. The Bertz CT molecular complexity index is 974. The molecule has 2 N–H and O–H groups in total. The zero-order valence-corrected chi connectivity index (χ0v) is 13.9. The first-order chi connectivity index (χ1) is 12.3. The number of amides is 1. The van der Waals surface area contributed by atoms with Gasteiger partial charge < -0.3 is 5.32 Å². The summed E-state index contributed by atoms with van der Waals surface area (Å²) in [5, 5.41) is 19.8. The van der Waals surface area contributed by atoms with Crippen LogP contribution in [0.25, 0.3) is 16.3 Å². The lowest BCUT2D eigenvalue weighted by Gasteiger charge is -2.06. The summed E-state index contributed by atoms with van der Waals surface area (Å²) in [5.74, 6) is 0.384. The highest BCUT2D eigenvalue weighted by Crippen LogP contribution is 2.22. The predicted octanol–water partition coefficient (Wildman–Crippen LogP) is 2.65. The molecule has 0 atom stereocenters. The van der Waals surface area contributed by atoms with E-state index in [0.717, 1.165) is 16.3 Å². The molecule has 7 nitrogen and oxygen atoms in total. The monoisotopic (exact) mass is 350 g/mol. The maximum absolute atomic E-state index is 12.3. The predicted molar refractivity (Wildman–Crippen MR) is 94.4 cm³/mol. The molecule has 1 amide bonds. The Hall–Kier alpha value is -3.26. The van der Waals surface area contributed by atoms with Crippen molar-refractivity contribution in [3.05, 3.63) is 71.8 Å². The summed E-state index contributed by atoms with van der Waals surface area (Å²) in [6.45, 7) is 0.259. The van der Waals surface area contributed by atoms with Crippen molar-refractivity contribution in [2.45, 2.75) is 6.54 Å². The van der Waals surface area contributed by atoms with E-state index in [0.29, 0.717) is 11.5 Å². The van der Waals surface area contributed by atoms with E-state index in [1.54, 1.807) is 23.7 Å². The summed E-state index contributed by atoms with van der Waals surface area (Å²) >= 11 is 1.59. The molecule has 0 radical (unpaired) electrons. The van der Waals surface area contributed by atoms with E-state index in [2.05, 4.69) is 25.7 Å². The van der Waals surface area contributed by atoms with Crippen molar-refractivity contribution in [3.8, 4) is 16.3 Å². The summed E-state index contributed by atoms with van der Waals surface area (Å²) in [5.41, 5.74) is 2.11. The Morgan fingerprint density at radius 1 is 1.20 bits per heavy atom. The minimum absolute atomic E-state index is 0.259. The molecule has 0 saturated heterocycles. The highest BCUT2D eigenvalue weighted by Gasteiger charge is 2.13. The number of nitrogens with zero attached hydrogens (tertiary/aromatic N) is 4. The largest absolute Gasteiger partial charge is 0.343 e. The first kappa shape index (κ1) is 15.3. The first-order valence-electron chi connectivity index (χ1n) is 7.63. The maximum atomic E-state index is 12.3. The number of aromatic nitrogens is 5. The molecule has 8 heteroatoms. The second-order valence-electron chi connectivity index (χ2n) is 5.28. The van der Waals surface area contributed by atoms with Crippen molar-refractivity contribution in [1.82, 2.24) is 30.3 Å². The fraction of sp³-hybridized carbons (Fsp3) is 0.0588. The van der Waals surface area contributed by atoms with Crippen LogP contribution in [-0.4, -0.2) is 30.9 Å². The first-order valence-corrected chi connectivity index (χ1v) is 8.51. The van der Waals surface area contributed by atoms with Crippen LogP contribution < -0.4 is 5.32 Å². The summed E-state index contributed by atoms with van der Waals surface area (Å²) in [7, 11) is 0. The van der Waals surface area contributed by atoms with Gasteiger partial charge in [0.15, 0.2) is 11.5 Å². The average molecular weight is 350 g/mol. The van der Waals surface area contributed by atoms with E-state index < -0.39 is 0 Å². The third kappa shape index (κ3) is 3.20. The molecule has 3 aromatic heterocycles. The Morgan fingerprint density at radius 2 is 2.08 bits per heavy atom. The van der Waals surface area contributed by atoms with Gasteiger partial charge in [-0.2, -0.15) is 5.10 Å².